The molecule has 0 fully saturated rings. The summed E-state index contributed by atoms with van der Waals surface area (Å²) in [5.74, 6) is 0.460. The van der Waals surface area contributed by atoms with Gasteiger partial charge in [-0.25, -0.2) is 0 Å². The molecular formula is C13H20N4O. The molecule has 0 spiro atoms. The van der Waals surface area contributed by atoms with Crippen LogP contribution >= 0.6 is 0 Å². The molecule has 1 rings (SSSR count). The number of hydrogen-bond donors (Lipinski definition) is 2. The van der Waals surface area contributed by atoms with E-state index in [2.05, 4.69) is 30.6 Å². The molecular weight excluding hydrogens is 228 g/mol. The highest BCUT2D eigenvalue weighted by molar-refractivity contribution is 5.77. The number of nitrogens with one attached hydrogen (secondary N) is 2. The number of amides is 1. The molecule has 0 aliphatic heterocycles. The van der Waals surface area contributed by atoms with Gasteiger partial charge in [-0.15, -0.1) is 0 Å². The van der Waals surface area contributed by atoms with Gasteiger partial charge in [0.2, 0.25) is 5.91 Å². The second kappa shape index (κ2) is 6.82. The molecule has 0 saturated carbocycles. The molecule has 1 aromatic heterocycles. The zero-order chi connectivity index (χ0) is 13.5. The van der Waals surface area contributed by atoms with Crippen molar-refractivity contribution in [3.63, 3.8) is 0 Å². The Kier molecular flexibility index (Phi) is 5.40. The first-order valence-electron chi connectivity index (χ1n) is 6.05. The Morgan fingerprint density at radius 1 is 1.56 bits per heavy atom. The van der Waals surface area contributed by atoms with Gasteiger partial charge < -0.3 is 15.2 Å². The standard InChI is InChI=1S/C13H20N4O/c1-10(2)6-16-13(18)8-15-7-11-4-12(5-14)17(3)9-11/h4,9-10,15H,6-8H2,1-3H3,(H,16,18). The normalized spacial score (nSPS) is 10.4. The molecule has 18 heavy (non-hydrogen) atoms. The van der Waals surface area contributed by atoms with Crippen LogP contribution in [0.15, 0.2) is 12.3 Å². The lowest BCUT2D eigenvalue weighted by atomic mass is 10.2. The number of carbonyl (C=O) groups is 1. The second-order valence-electron chi connectivity index (χ2n) is 4.76. The summed E-state index contributed by atoms with van der Waals surface area (Å²) in [4.78, 5) is 11.4. The zero-order valence-electron chi connectivity index (χ0n) is 11.2. The van der Waals surface area contributed by atoms with Crippen molar-refractivity contribution in [3.05, 3.63) is 23.5 Å². The summed E-state index contributed by atoms with van der Waals surface area (Å²) in [6.07, 6.45) is 1.89. The van der Waals surface area contributed by atoms with Crippen LogP contribution in [0.4, 0.5) is 0 Å². The largest absolute Gasteiger partial charge is 0.355 e. The smallest absolute Gasteiger partial charge is 0.233 e. The molecule has 0 aromatic carbocycles. The van der Waals surface area contributed by atoms with Gasteiger partial charge in [0.25, 0.3) is 0 Å². The minimum absolute atomic E-state index is 0.000128. The SMILES string of the molecule is CC(C)CNC(=O)CNCc1cc(C#N)n(C)c1. The topological polar surface area (TPSA) is 69.8 Å². The van der Waals surface area contributed by atoms with E-state index in [1.807, 2.05) is 19.3 Å². The van der Waals surface area contributed by atoms with Crippen molar-refractivity contribution < 1.29 is 4.79 Å². The van der Waals surface area contributed by atoms with Crippen molar-refractivity contribution >= 4 is 5.91 Å². The Morgan fingerprint density at radius 2 is 2.28 bits per heavy atom. The lowest BCUT2D eigenvalue weighted by molar-refractivity contribution is -0.120. The summed E-state index contributed by atoms with van der Waals surface area (Å²) in [5, 5.41) is 14.7. The maximum Gasteiger partial charge on any atom is 0.233 e. The van der Waals surface area contributed by atoms with Gasteiger partial charge in [0.05, 0.1) is 6.54 Å². The maximum atomic E-state index is 11.4. The van der Waals surface area contributed by atoms with Crippen LogP contribution in [0.25, 0.3) is 0 Å². The molecule has 0 aliphatic carbocycles. The van der Waals surface area contributed by atoms with Gasteiger partial charge in [-0.05, 0) is 17.5 Å². The summed E-state index contributed by atoms with van der Waals surface area (Å²) < 4.78 is 1.77. The van der Waals surface area contributed by atoms with Crippen molar-refractivity contribution in [2.24, 2.45) is 13.0 Å². The molecule has 0 radical (unpaired) electrons. The molecule has 0 unspecified atom stereocenters. The van der Waals surface area contributed by atoms with Gasteiger partial charge in [-0.2, -0.15) is 5.26 Å². The quantitative estimate of drug-likeness (QED) is 0.781. The predicted octanol–water partition coefficient (Wildman–Crippen LogP) is 0.759. The number of nitriles is 1. The summed E-state index contributed by atoms with van der Waals surface area (Å²) in [6, 6.07) is 3.92. The monoisotopic (exact) mass is 248 g/mol. The number of hydrogen-bond acceptors (Lipinski definition) is 3. The van der Waals surface area contributed by atoms with Gasteiger partial charge in [-0.1, -0.05) is 13.8 Å². The average Bonchev–Trinajstić information content (AvgIpc) is 2.67. The molecule has 0 atom stereocenters. The molecule has 1 amide bonds. The molecule has 0 aliphatic rings. The lowest BCUT2D eigenvalue weighted by Crippen LogP contribution is -2.35. The minimum atomic E-state index is 0.000128. The van der Waals surface area contributed by atoms with Crippen molar-refractivity contribution in [1.82, 2.24) is 15.2 Å². The first-order valence-corrected chi connectivity index (χ1v) is 6.05. The third kappa shape index (κ3) is 4.60. The molecule has 5 heteroatoms. The van der Waals surface area contributed by atoms with Gasteiger partial charge in [-0.3, -0.25) is 4.79 Å². The first-order chi connectivity index (χ1) is 8.52. The van der Waals surface area contributed by atoms with Crippen LogP contribution in [0.5, 0.6) is 0 Å². The molecule has 1 heterocycles. The zero-order valence-corrected chi connectivity index (χ0v) is 11.2. The molecule has 0 bridgehead atoms. The third-order valence-electron chi connectivity index (χ3n) is 2.50. The van der Waals surface area contributed by atoms with E-state index in [1.165, 1.54) is 0 Å². The van der Waals surface area contributed by atoms with E-state index >= 15 is 0 Å². The van der Waals surface area contributed by atoms with Crippen molar-refractivity contribution in [3.8, 4) is 6.07 Å². The number of aryl methyl sites for hydroxylation is 1. The van der Waals surface area contributed by atoms with Gasteiger partial charge in [0.15, 0.2) is 0 Å². The Balaban J connectivity index is 2.29. The summed E-state index contributed by atoms with van der Waals surface area (Å²) in [5.41, 5.74) is 1.63. The number of rotatable bonds is 6. The fourth-order valence-electron chi connectivity index (χ4n) is 1.54. The Labute approximate surface area is 108 Å². The van der Waals surface area contributed by atoms with Gasteiger partial charge in [0.1, 0.15) is 11.8 Å². The third-order valence-corrected chi connectivity index (χ3v) is 2.50. The summed E-state index contributed by atoms with van der Waals surface area (Å²) in [6.45, 7) is 5.70. The fourth-order valence-corrected chi connectivity index (χ4v) is 1.54. The number of aromatic nitrogens is 1. The van der Waals surface area contributed by atoms with Gasteiger partial charge >= 0.3 is 0 Å². The minimum Gasteiger partial charge on any atom is -0.355 e. The molecule has 98 valence electrons. The van der Waals surface area contributed by atoms with Crippen molar-refractivity contribution in [2.45, 2.75) is 20.4 Å². The van der Waals surface area contributed by atoms with Crippen LogP contribution in [0.1, 0.15) is 25.1 Å². The van der Waals surface area contributed by atoms with E-state index in [1.54, 1.807) is 4.57 Å². The Bertz CT molecular complexity index is 442. The first kappa shape index (κ1) is 14.3. The highest BCUT2D eigenvalue weighted by Gasteiger charge is 2.04. The fraction of sp³-hybridized carbons (Fsp3) is 0.538. The van der Waals surface area contributed by atoms with E-state index in [9.17, 15) is 4.79 Å². The van der Waals surface area contributed by atoms with E-state index in [0.717, 1.165) is 5.56 Å². The molecule has 2 N–H and O–H groups in total. The summed E-state index contributed by atoms with van der Waals surface area (Å²) in [7, 11) is 1.83. The molecule has 1 aromatic rings. The van der Waals surface area contributed by atoms with Crippen LogP contribution in [-0.2, 0) is 18.4 Å². The maximum absolute atomic E-state index is 11.4. The lowest BCUT2D eigenvalue weighted by Gasteiger charge is -2.07. The number of nitrogens with zero attached hydrogens (tertiary/aromatic N) is 2. The van der Waals surface area contributed by atoms with Crippen molar-refractivity contribution in [1.29, 1.82) is 5.26 Å². The van der Waals surface area contributed by atoms with Crippen LogP contribution in [0.3, 0.4) is 0 Å². The van der Waals surface area contributed by atoms with Crippen LogP contribution in [-0.4, -0.2) is 23.6 Å². The molecule has 0 saturated heterocycles. The average molecular weight is 248 g/mol. The number of carbonyl (C=O) groups excluding carboxylic acids is 1. The van der Waals surface area contributed by atoms with E-state index < -0.39 is 0 Å². The van der Waals surface area contributed by atoms with Crippen LogP contribution in [0, 0.1) is 17.2 Å². The Hall–Kier alpha value is -1.80. The van der Waals surface area contributed by atoms with Gasteiger partial charge in [0, 0.05) is 26.3 Å². The summed E-state index contributed by atoms with van der Waals surface area (Å²) >= 11 is 0. The van der Waals surface area contributed by atoms with E-state index in [0.29, 0.717) is 31.2 Å². The van der Waals surface area contributed by atoms with E-state index in [4.69, 9.17) is 5.26 Å². The predicted molar refractivity (Wildman–Crippen MR) is 69.7 cm³/mol. The Morgan fingerprint density at radius 3 is 2.83 bits per heavy atom. The van der Waals surface area contributed by atoms with Crippen LogP contribution < -0.4 is 10.6 Å². The van der Waals surface area contributed by atoms with Crippen LogP contribution in [0.2, 0.25) is 0 Å². The van der Waals surface area contributed by atoms with E-state index in [-0.39, 0.29) is 5.91 Å². The molecule has 5 nitrogen and oxygen atoms in total. The second-order valence-corrected chi connectivity index (χ2v) is 4.76. The highest BCUT2D eigenvalue weighted by atomic mass is 16.1. The van der Waals surface area contributed by atoms with Crippen molar-refractivity contribution in [2.75, 3.05) is 13.1 Å². The highest BCUT2D eigenvalue weighted by Crippen LogP contribution is 2.05.